The molecule has 0 fully saturated rings. The number of allylic oxidation sites excluding steroid dienone is 1. The molecular formula is C6H13FN2. The maximum absolute atomic E-state index is 12.1. The van der Waals surface area contributed by atoms with Gasteiger partial charge in [-0.15, -0.1) is 0 Å². The van der Waals surface area contributed by atoms with Crippen molar-refractivity contribution in [3.63, 3.8) is 0 Å². The minimum Gasteiger partial charge on any atom is -0.398 e. The van der Waals surface area contributed by atoms with Gasteiger partial charge in [0.15, 0.2) is 0 Å². The molecule has 0 saturated heterocycles. The molecular weight excluding hydrogens is 119 g/mol. The Morgan fingerprint density at radius 1 is 1.22 bits per heavy atom. The molecule has 0 unspecified atom stereocenters. The highest BCUT2D eigenvalue weighted by Crippen LogP contribution is 2.21. The Morgan fingerprint density at radius 2 is 1.56 bits per heavy atom. The topological polar surface area (TPSA) is 52.0 Å². The molecule has 0 aliphatic heterocycles. The molecule has 9 heavy (non-hydrogen) atoms. The lowest BCUT2D eigenvalue weighted by Gasteiger charge is -2.17. The van der Waals surface area contributed by atoms with E-state index in [1.54, 1.807) is 20.8 Å². The van der Waals surface area contributed by atoms with Crippen molar-refractivity contribution in [3.05, 3.63) is 11.6 Å². The molecule has 0 spiro atoms. The molecule has 54 valence electrons. The fraction of sp³-hybridized carbons (Fsp3) is 0.667. The molecule has 0 aromatic heterocycles. The van der Waals surface area contributed by atoms with E-state index in [9.17, 15) is 4.39 Å². The van der Waals surface area contributed by atoms with Gasteiger partial charge in [0, 0.05) is 5.41 Å². The van der Waals surface area contributed by atoms with Gasteiger partial charge in [0.2, 0.25) is 5.95 Å². The second kappa shape index (κ2) is 2.25. The SMILES string of the molecule is CC(C)(C)/C(N)=C(/N)F. The summed E-state index contributed by atoms with van der Waals surface area (Å²) in [6.07, 6.45) is 0. The highest BCUT2D eigenvalue weighted by molar-refractivity contribution is 5.08. The lowest BCUT2D eigenvalue weighted by atomic mass is 9.93. The van der Waals surface area contributed by atoms with E-state index in [0.29, 0.717) is 0 Å². The highest BCUT2D eigenvalue weighted by Gasteiger charge is 2.16. The Bertz CT molecular complexity index is 128. The number of rotatable bonds is 0. The van der Waals surface area contributed by atoms with Crippen molar-refractivity contribution in [2.24, 2.45) is 16.9 Å². The Kier molecular flexibility index (Phi) is 2.07. The molecule has 0 atom stereocenters. The Hall–Kier alpha value is -0.730. The third-order valence-corrected chi connectivity index (χ3v) is 1.07. The molecule has 0 aromatic rings. The number of hydrogen-bond acceptors (Lipinski definition) is 2. The second-order valence-electron chi connectivity index (χ2n) is 3.01. The standard InChI is InChI=1S/C6H13FN2/c1-6(2,3)4(8)5(7)9/h8-9H2,1-3H3/b5-4-. The molecule has 0 aromatic carbocycles. The summed E-state index contributed by atoms with van der Waals surface area (Å²) in [5.74, 6) is -0.775. The smallest absolute Gasteiger partial charge is 0.203 e. The van der Waals surface area contributed by atoms with Crippen LogP contribution in [0.2, 0.25) is 0 Å². The van der Waals surface area contributed by atoms with Crippen LogP contribution in [0.4, 0.5) is 4.39 Å². The van der Waals surface area contributed by atoms with Gasteiger partial charge in [-0.25, -0.2) is 0 Å². The van der Waals surface area contributed by atoms with Gasteiger partial charge in [-0.05, 0) is 0 Å². The first-order valence-corrected chi connectivity index (χ1v) is 2.77. The van der Waals surface area contributed by atoms with Crippen LogP contribution in [0.3, 0.4) is 0 Å². The zero-order valence-corrected chi connectivity index (χ0v) is 6.03. The maximum Gasteiger partial charge on any atom is 0.203 e. The van der Waals surface area contributed by atoms with E-state index in [4.69, 9.17) is 11.5 Å². The first-order chi connectivity index (χ1) is 3.85. The third-order valence-electron chi connectivity index (χ3n) is 1.07. The molecule has 0 bridgehead atoms. The summed E-state index contributed by atoms with van der Waals surface area (Å²) < 4.78 is 12.1. The van der Waals surface area contributed by atoms with E-state index in [0.717, 1.165) is 0 Å². The van der Waals surface area contributed by atoms with Gasteiger partial charge in [-0.2, -0.15) is 4.39 Å². The predicted molar refractivity (Wildman–Crippen MR) is 36.0 cm³/mol. The summed E-state index contributed by atoms with van der Waals surface area (Å²) in [5.41, 5.74) is 9.83. The third kappa shape index (κ3) is 2.35. The minimum atomic E-state index is -0.775. The van der Waals surface area contributed by atoms with Gasteiger partial charge in [0.05, 0.1) is 5.70 Å². The van der Waals surface area contributed by atoms with Crippen molar-refractivity contribution in [1.29, 1.82) is 0 Å². The zero-order chi connectivity index (χ0) is 7.65. The van der Waals surface area contributed by atoms with Gasteiger partial charge >= 0.3 is 0 Å². The molecule has 0 rings (SSSR count). The molecule has 0 amide bonds. The van der Waals surface area contributed by atoms with Gasteiger partial charge in [-0.3, -0.25) is 0 Å². The fourth-order valence-corrected chi connectivity index (χ4v) is 0.358. The van der Waals surface area contributed by atoms with Crippen LogP contribution in [0.15, 0.2) is 11.6 Å². The minimum absolute atomic E-state index is 0.113. The van der Waals surface area contributed by atoms with Crippen LogP contribution >= 0.6 is 0 Å². The molecule has 4 N–H and O–H groups in total. The van der Waals surface area contributed by atoms with Crippen LogP contribution < -0.4 is 11.5 Å². The van der Waals surface area contributed by atoms with Crippen molar-refractivity contribution in [1.82, 2.24) is 0 Å². The molecule has 3 heteroatoms. The molecule has 0 saturated carbocycles. The van der Waals surface area contributed by atoms with Gasteiger partial charge < -0.3 is 11.5 Å². The summed E-state index contributed by atoms with van der Waals surface area (Å²) in [6.45, 7) is 5.40. The molecule has 2 nitrogen and oxygen atoms in total. The summed E-state index contributed by atoms with van der Waals surface area (Å²) in [5, 5.41) is 0. The Balaban J connectivity index is 4.40. The summed E-state index contributed by atoms with van der Waals surface area (Å²) >= 11 is 0. The van der Waals surface area contributed by atoms with Crippen molar-refractivity contribution in [2.45, 2.75) is 20.8 Å². The van der Waals surface area contributed by atoms with Crippen LogP contribution in [-0.4, -0.2) is 0 Å². The zero-order valence-electron chi connectivity index (χ0n) is 6.03. The van der Waals surface area contributed by atoms with Crippen molar-refractivity contribution >= 4 is 0 Å². The number of hydrogen-bond donors (Lipinski definition) is 2. The van der Waals surface area contributed by atoms with Crippen LogP contribution in [0.1, 0.15) is 20.8 Å². The average molecular weight is 132 g/mol. The highest BCUT2D eigenvalue weighted by atomic mass is 19.1. The first kappa shape index (κ1) is 8.27. The van der Waals surface area contributed by atoms with Crippen LogP contribution in [0.5, 0.6) is 0 Å². The molecule has 0 aliphatic carbocycles. The maximum atomic E-state index is 12.1. The van der Waals surface area contributed by atoms with Crippen molar-refractivity contribution < 1.29 is 4.39 Å². The van der Waals surface area contributed by atoms with E-state index < -0.39 is 5.95 Å². The van der Waals surface area contributed by atoms with E-state index >= 15 is 0 Å². The normalized spacial score (nSPS) is 15.1. The van der Waals surface area contributed by atoms with Crippen LogP contribution in [0, 0.1) is 5.41 Å². The van der Waals surface area contributed by atoms with Gasteiger partial charge in [-0.1, -0.05) is 20.8 Å². The van der Waals surface area contributed by atoms with Crippen molar-refractivity contribution in [2.75, 3.05) is 0 Å². The summed E-state index contributed by atoms with van der Waals surface area (Å²) in [7, 11) is 0. The fourth-order valence-electron chi connectivity index (χ4n) is 0.358. The van der Waals surface area contributed by atoms with E-state index in [1.165, 1.54) is 0 Å². The Morgan fingerprint density at radius 3 is 1.56 bits per heavy atom. The van der Waals surface area contributed by atoms with Crippen molar-refractivity contribution in [3.8, 4) is 0 Å². The van der Waals surface area contributed by atoms with E-state index in [2.05, 4.69) is 0 Å². The summed E-state index contributed by atoms with van der Waals surface area (Å²) in [6, 6.07) is 0. The lowest BCUT2D eigenvalue weighted by Crippen LogP contribution is -2.20. The predicted octanol–water partition coefficient (Wildman–Crippen LogP) is 1.09. The summed E-state index contributed by atoms with van der Waals surface area (Å²) in [4.78, 5) is 0. The molecule has 0 heterocycles. The van der Waals surface area contributed by atoms with E-state index in [1.807, 2.05) is 0 Å². The van der Waals surface area contributed by atoms with Gasteiger partial charge in [0.1, 0.15) is 0 Å². The Labute approximate surface area is 54.7 Å². The largest absolute Gasteiger partial charge is 0.398 e. The van der Waals surface area contributed by atoms with Gasteiger partial charge in [0.25, 0.3) is 0 Å². The first-order valence-electron chi connectivity index (χ1n) is 2.77. The lowest BCUT2D eigenvalue weighted by molar-refractivity contribution is 0.461. The number of halogens is 1. The quantitative estimate of drug-likeness (QED) is 0.485. The monoisotopic (exact) mass is 132 g/mol. The van der Waals surface area contributed by atoms with E-state index in [-0.39, 0.29) is 11.1 Å². The van der Waals surface area contributed by atoms with Crippen LogP contribution in [0.25, 0.3) is 0 Å². The average Bonchev–Trinajstić information content (AvgIpc) is 1.62. The second-order valence-corrected chi connectivity index (χ2v) is 3.01. The molecule has 0 radical (unpaired) electrons. The molecule has 0 aliphatic rings. The van der Waals surface area contributed by atoms with Crippen LogP contribution in [-0.2, 0) is 0 Å². The number of nitrogens with two attached hydrogens (primary N) is 2.